The van der Waals surface area contributed by atoms with Gasteiger partial charge in [0.2, 0.25) is 5.82 Å². The summed E-state index contributed by atoms with van der Waals surface area (Å²) in [6, 6.07) is 1.30. The quantitative estimate of drug-likeness (QED) is 0.228. The van der Waals surface area contributed by atoms with Gasteiger partial charge in [-0.3, -0.25) is 14.1 Å². The average Bonchev–Trinajstić information content (AvgIpc) is 3.01. The lowest BCUT2D eigenvalue weighted by atomic mass is 10.3. The summed E-state index contributed by atoms with van der Waals surface area (Å²) in [5.41, 5.74) is 5.72. The molecule has 0 saturated carbocycles. The van der Waals surface area contributed by atoms with E-state index in [2.05, 4.69) is 14.6 Å². The van der Waals surface area contributed by atoms with Gasteiger partial charge in [0.05, 0.1) is 6.07 Å². The zero-order valence-corrected chi connectivity index (χ0v) is 13.7. The molecule has 1 amide bonds. The number of aromatic nitrogens is 2. The molecular formula is C12H18N5O6S+. The van der Waals surface area contributed by atoms with Crippen molar-refractivity contribution in [1.29, 1.82) is 0 Å². The maximum Gasteiger partial charge on any atom is 0.476 e. The number of carbonyl (C=O) groups is 2. The number of nitrogens with two attached hydrogens (primary N) is 1. The Labute approximate surface area is 138 Å². The van der Waals surface area contributed by atoms with Crippen molar-refractivity contribution in [3.63, 3.8) is 0 Å². The number of ketones is 1. The maximum absolute atomic E-state index is 12.2. The molecule has 4 N–H and O–H groups in total. The Morgan fingerprint density at radius 1 is 1.46 bits per heavy atom. The lowest BCUT2D eigenvalue weighted by Crippen LogP contribution is -2.54. The van der Waals surface area contributed by atoms with Crippen molar-refractivity contribution in [2.75, 3.05) is 30.3 Å². The molecule has 0 bridgehead atoms. The van der Waals surface area contributed by atoms with Gasteiger partial charge in [0, 0.05) is 19.6 Å². The molecule has 1 saturated heterocycles. The van der Waals surface area contributed by atoms with Gasteiger partial charge in [-0.2, -0.15) is 8.42 Å². The normalized spacial score (nSPS) is 14.5. The van der Waals surface area contributed by atoms with E-state index >= 15 is 0 Å². The highest BCUT2D eigenvalue weighted by Crippen LogP contribution is 2.19. The van der Waals surface area contributed by atoms with Gasteiger partial charge in [-0.15, -0.1) is 0 Å². The molecule has 11 nitrogen and oxygen atoms in total. The van der Waals surface area contributed by atoms with Crippen LogP contribution in [0.1, 0.15) is 30.4 Å². The van der Waals surface area contributed by atoms with Crippen LogP contribution in [0.3, 0.4) is 0 Å². The molecule has 24 heavy (non-hydrogen) atoms. The van der Waals surface area contributed by atoms with Crippen LogP contribution in [0.25, 0.3) is 0 Å². The first-order valence-corrected chi connectivity index (χ1v) is 8.57. The van der Waals surface area contributed by atoms with Crippen LogP contribution < -0.4 is 25.0 Å². The SMILES string of the molecule is CCNC(=O)C(=O)c1nc(N2CCCC2)cc(N)[n+]1OS(=O)(=O)O. The van der Waals surface area contributed by atoms with E-state index in [0.29, 0.717) is 23.6 Å². The van der Waals surface area contributed by atoms with Crippen LogP contribution in [-0.4, -0.2) is 49.3 Å². The van der Waals surface area contributed by atoms with E-state index in [-0.39, 0.29) is 12.4 Å². The second-order valence-corrected chi connectivity index (χ2v) is 6.05. The van der Waals surface area contributed by atoms with Crippen molar-refractivity contribution < 1.29 is 31.6 Å². The molecule has 1 fully saturated rings. The Morgan fingerprint density at radius 2 is 2.08 bits per heavy atom. The Balaban J connectivity index is 2.52. The second-order valence-electron chi connectivity index (χ2n) is 5.04. The van der Waals surface area contributed by atoms with E-state index in [9.17, 15) is 18.0 Å². The highest BCUT2D eigenvalue weighted by molar-refractivity contribution is 7.80. The third kappa shape index (κ3) is 4.08. The van der Waals surface area contributed by atoms with E-state index in [4.69, 9.17) is 10.3 Å². The minimum absolute atomic E-state index is 0.186. The van der Waals surface area contributed by atoms with Crippen molar-refractivity contribution in [3.05, 3.63) is 11.9 Å². The standard InChI is InChI=1S/C12H17N5O6S/c1-2-14-12(19)10(18)11-15-9(16-5-3-4-6-16)7-8(13)17(11)23-24(20,21)22/h7,13H,2-6H2,1H3,(H2,14,19,20,21,22)/p+1. The number of carbonyl (C=O) groups excluding carboxylic acids is 2. The monoisotopic (exact) mass is 360 g/mol. The lowest BCUT2D eigenvalue weighted by Gasteiger charge is -2.15. The number of nitrogen functional groups attached to an aromatic ring is 1. The largest absolute Gasteiger partial charge is 0.476 e. The van der Waals surface area contributed by atoms with Crippen LogP contribution >= 0.6 is 0 Å². The van der Waals surface area contributed by atoms with Crippen LogP contribution in [-0.2, 0) is 15.2 Å². The fourth-order valence-electron chi connectivity index (χ4n) is 2.27. The fourth-order valence-corrected chi connectivity index (χ4v) is 2.61. The first-order valence-electron chi connectivity index (χ1n) is 7.20. The number of likely N-dealkylation sites (N-methyl/N-ethyl adjacent to an activating group) is 1. The lowest BCUT2D eigenvalue weighted by molar-refractivity contribution is -0.848. The van der Waals surface area contributed by atoms with Gasteiger partial charge in [0.1, 0.15) is 0 Å². The Hall–Kier alpha value is -2.47. The molecule has 12 heteroatoms. The average molecular weight is 360 g/mol. The second kappa shape index (κ2) is 6.97. The first kappa shape index (κ1) is 17.9. The van der Waals surface area contributed by atoms with Crippen molar-refractivity contribution in [3.8, 4) is 0 Å². The minimum Gasteiger partial charge on any atom is -0.349 e. The molecule has 0 radical (unpaired) electrons. The van der Waals surface area contributed by atoms with E-state index in [0.717, 1.165) is 12.8 Å². The number of hydrogen-bond acceptors (Lipinski definition) is 8. The first-order chi connectivity index (χ1) is 11.2. The van der Waals surface area contributed by atoms with E-state index < -0.39 is 27.9 Å². The molecule has 1 aliphatic rings. The number of rotatable bonds is 6. The van der Waals surface area contributed by atoms with E-state index in [1.54, 1.807) is 6.92 Å². The van der Waals surface area contributed by atoms with Crippen molar-refractivity contribution >= 4 is 33.7 Å². The van der Waals surface area contributed by atoms with Gasteiger partial charge in [0.15, 0.2) is 0 Å². The van der Waals surface area contributed by atoms with Gasteiger partial charge in [-0.1, -0.05) is 4.98 Å². The number of Topliss-reactive ketones (excluding diaryl/α,β-unsaturated/α-hetero) is 1. The van der Waals surface area contributed by atoms with Gasteiger partial charge >= 0.3 is 22.0 Å². The van der Waals surface area contributed by atoms with Crippen LogP contribution in [0, 0.1) is 0 Å². The topological polar surface area (TPSA) is 156 Å². The summed E-state index contributed by atoms with van der Waals surface area (Å²) in [5.74, 6) is -2.80. The molecule has 1 aliphatic heterocycles. The van der Waals surface area contributed by atoms with Crippen molar-refractivity contribution in [2.45, 2.75) is 19.8 Å². The molecular weight excluding hydrogens is 342 g/mol. The Morgan fingerprint density at radius 3 is 2.62 bits per heavy atom. The van der Waals surface area contributed by atoms with Crippen LogP contribution in [0.5, 0.6) is 0 Å². The summed E-state index contributed by atoms with van der Waals surface area (Å²) in [6.07, 6.45) is 1.86. The van der Waals surface area contributed by atoms with Crippen LogP contribution in [0.2, 0.25) is 0 Å². The summed E-state index contributed by atoms with van der Waals surface area (Å²) >= 11 is 0. The Bertz CT molecular complexity index is 759. The Kier molecular flexibility index (Phi) is 5.19. The smallest absolute Gasteiger partial charge is 0.349 e. The summed E-state index contributed by atoms with van der Waals surface area (Å²) in [7, 11) is -4.98. The highest BCUT2D eigenvalue weighted by atomic mass is 32.3. The van der Waals surface area contributed by atoms with Gasteiger partial charge in [0.25, 0.3) is 11.7 Å². The molecule has 0 aromatic carbocycles. The van der Waals surface area contributed by atoms with Crippen molar-refractivity contribution in [2.24, 2.45) is 0 Å². The molecule has 0 unspecified atom stereocenters. The predicted molar refractivity (Wildman–Crippen MR) is 81.4 cm³/mol. The van der Waals surface area contributed by atoms with Crippen LogP contribution in [0.4, 0.5) is 11.6 Å². The highest BCUT2D eigenvalue weighted by Gasteiger charge is 2.34. The third-order valence-electron chi connectivity index (χ3n) is 3.27. The number of nitrogens with one attached hydrogen (secondary N) is 1. The van der Waals surface area contributed by atoms with Crippen molar-refractivity contribution in [1.82, 2.24) is 10.3 Å². The molecule has 0 atom stereocenters. The van der Waals surface area contributed by atoms with Gasteiger partial charge in [-0.05, 0) is 24.5 Å². The predicted octanol–water partition coefficient (Wildman–Crippen LogP) is -1.90. The van der Waals surface area contributed by atoms with E-state index in [1.165, 1.54) is 6.07 Å². The summed E-state index contributed by atoms with van der Waals surface area (Å²) in [5, 5.41) is 2.28. The molecule has 132 valence electrons. The minimum atomic E-state index is -4.98. The zero-order chi connectivity index (χ0) is 17.9. The molecule has 2 rings (SSSR count). The summed E-state index contributed by atoms with van der Waals surface area (Å²) < 4.78 is 35.4. The third-order valence-corrected chi connectivity index (χ3v) is 3.61. The van der Waals surface area contributed by atoms with Crippen LogP contribution in [0.15, 0.2) is 6.07 Å². The number of nitrogens with zero attached hydrogens (tertiary/aromatic N) is 3. The molecule has 2 heterocycles. The fraction of sp³-hybridized carbons (Fsp3) is 0.500. The molecule has 0 spiro atoms. The van der Waals surface area contributed by atoms with Gasteiger partial charge < -0.3 is 16.0 Å². The summed E-state index contributed by atoms with van der Waals surface area (Å²) in [4.78, 5) is 29.8. The molecule has 1 aromatic rings. The molecule has 0 aliphatic carbocycles. The van der Waals surface area contributed by atoms with Gasteiger partial charge in [-0.25, -0.2) is 4.28 Å². The number of hydrogen-bond donors (Lipinski definition) is 3. The maximum atomic E-state index is 12.2. The zero-order valence-electron chi connectivity index (χ0n) is 12.9. The number of amides is 1. The summed E-state index contributed by atoms with van der Waals surface area (Å²) in [6.45, 7) is 3.16. The number of anilines is 2. The molecule has 1 aromatic heterocycles. The van der Waals surface area contributed by atoms with E-state index in [1.807, 2.05) is 4.90 Å².